The van der Waals surface area contributed by atoms with Crippen LogP contribution in [0.2, 0.25) is 0 Å². The van der Waals surface area contributed by atoms with E-state index in [9.17, 15) is 14.7 Å². The Morgan fingerprint density at radius 3 is 2.53 bits per heavy atom. The fraction of sp³-hybridized carbons (Fsp3) is 0.417. The summed E-state index contributed by atoms with van der Waals surface area (Å²) in [5.41, 5.74) is 3.87. The van der Waals surface area contributed by atoms with Crippen LogP contribution in [0.25, 0.3) is 0 Å². The number of carbonyl (C=O) groups excluding carboxylic acids is 2. The molecule has 2 unspecified atom stereocenters. The zero-order valence-corrected chi connectivity index (χ0v) is 17.6. The van der Waals surface area contributed by atoms with Crippen molar-refractivity contribution in [3.8, 4) is 11.5 Å². The molecule has 3 rings (SSSR count). The van der Waals surface area contributed by atoms with Gasteiger partial charge in [0.2, 0.25) is 5.91 Å². The number of nitrogens with one attached hydrogen (secondary N) is 1. The number of hydrazine groups is 1. The molecule has 1 heterocycles. The van der Waals surface area contributed by atoms with E-state index in [1.807, 2.05) is 25.1 Å². The topological polar surface area (TPSA) is 78.9 Å². The van der Waals surface area contributed by atoms with Crippen LogP contribution in [0.3, 0.4) is 0 Å². The van der Waals surface area contributed by atoms with Crippen LogP contribution in [0.15, 0.2) is 48.5 Å². The predicted molar refractivity (Wildman–Crippen MR) is 116 cm³/mol. The van der Waals surface area contributed by atoms with Gasteiger partial charge in [-0.1, -0.05) is 57.4 Å². The second-order valence-electron chi connectivity index (χ2n) is 7.62. The maximum absolute atomic E-state index is 13.5. The number of hydrogen-bond donors (Lipinski definition) is 2. The monoisotopic (exact) mass is 410 g/mol. The van der Waals surface area contributed by atoms with Gasteiger partial charge in [-0.2, -0.15) is 0 Å². The number of anilines is 1. The number of fused-ring (bicyclic) bond motifs is 1. The Balaban J connectivity index is 2.02. The van der Waals surface area contributed by atoms with Crippen LogP contribution in [0.5, 0.6) is 11.5 Å². The lowest BCUT2D eigenvalue weighted by molar-refractivity contribution is -0.131. The molecule has 1 aliphatic heterocycles. The van der Waals surface area contributed by atoms with E-state index in [0.717, 1.165) is 19.3 Å². The number of phenolic OH excluding ortho intramolecular Hbond substituents is 1. The van der Waals surface area contributed by atoms with Crippen molar-refractivity contribution < 1.29 is 19.4 Å². The van der Waals surface area contributed by atoms with Crippen LogP contribution in [-0.2, 0) is 9.59 Å². The van der Waals surface area contributed by atoms with E-state index in [-0.39, 0.29) is 23.5 Å². The zero-order chi connectivity index (χ0) is 21.5. The molecular formula is C24H30N2O4. The molecule has 0 saturated carbocycles. The minimum Gasteiger partial charge on any atom is -0.508 e. The standard InChI is InChI=1S/C24H30N2O4/c1-3-5-7-14-18-22-19(15-10-16-20(22)27)26(25-21(28)11-4-2)24(29)23(18)30-17-12-8-6-9-13-17/h6,8-10,12-13,15-16,18,23,27H,3-5,7,11,14H2,1-2H3,(H,25,28). The van der Waals surface area contributed by atoms with Gasteiger partial charge in [0.05, 0.1) is 5.69 Å². The van der Waals surface area contributed by atoms with Crippen LogP contribution < -0.4 is 15.2 Å². The van der Waals surface area contributed by atoms with Crippen molar-refractivity contribution in [2.24, 2.45) is 0 Å². The molecule has 6 heteroatoms. The maximum Gasteiger partial charge on any atom is 0.287 e. The average molecular weight is 411 g/mol. The summed E-state index contributed by atoms with van der Waals surface area (Å²) in [6.45, 7) is 4.03. The van der Waals surface area contributed by atoms with Gasteiger partial charge in [0.1, 0.15) is 11.5 Å². The summed E-state index contributed by atoms with van der Waals surface area (Å²) in [4.78, 5) is 25.8. The lowest BCUT2D eigenvalue weighted by atomic mass is 9.83. The molecule has 1 aliphatic rings. The fourth-order valence-corrected chi connectivity index (χ4v) is 3.90. The van der Waals surface area contributed by atoms with Crippen molar-refractivity contribution in [1.82, 2.24) is 5.43 Å². The van der Waals surface area contributed by atoms with Crippen molar-refractivity contribution in [1.29, 1.82) is 0 Å². The second-order valence-corrected chi connectivity index (χ2v) is 7.62. The number of para-hydroxylation sites is 1. The third kappa shape index (κ3) is 4.75. The third-order valence-corrected chi connectivity index (χ3v) is 5.34. The molecule has 6 nitrogen and oxygen atoms in total. The highest BCUT2D eigenvalue weighted by Crippen LogP contribution is 2.44. The minimum absolute atomic E-state index is 0.109. The summed E-state index contributed by atoms with van der Waals surface area (Å²) in [6, 6.07) is 14.2. The number of phenols is 1. The normalized spacial score (nSPS) is 18.1. The van der Waals surface area contributed by atoms with Crippen molar-refractivity contribution in [2.75, 3.05) is 5.01 Å². The molecular weight excluding hydrogens is 380 g/mol. The highest BCUT2D eigenvalue weighted by molar-refractivity contribution is 6.03. The van der Waals surface area contributed by atoms with E-state index in [1.54, 1.807) is 30.3 Å². The van der Waals surface area contributed by atoms with E-state index in [1.165, 1.54) is 5.01 Å². The van der Waals surface area contributed by atoms with E-state index < -0.39 is 6.10 Å². The fourth-order valence-electron chi connectivity index (χ4n) is 3.90. The largest absolute Gasteiger partial charge is 0.508 e. The summed E-state index contributed by atoms with van der Waals surface area (Å²) >= 11 is 0. The second kappa shape index (κ2) is 10.1. The van der Waals surface area contributed by atoms with E-state index >= 15 is 0 Å². The van der Waals surface area contributed by atoms with Crippen LogP contribution in [-0.4, -0.2) is 23.0 Å². The smallest absolute Gasteiger partial charge is 0.287 e. The first-order valence-electron chi connectivity index (χ1n) is 10.7. The van der Waals surface area contributed by atoms with Gasteiger partial charge in [-0.05, 0) is 37.1 Å². The van der Waals surface area contributed by atoms with E-state index in [2.05, 4.69) is 12.3 Å². The Kier molecular flexibility index (Phi) is 7.33. The van der Waals surface area contributed by atoms with Gasteiger partial charge in [-0.3, -0.25) is 15.0 Å². The van der Waals surface area contributed by atoms with Crippen molar-refractivity contribution >= 4 is 17.5 Å². The van der Waals surface area contributed by atoms with Gasteiger partial charge in [0, 0.05) is 17.9 Å². The Bertz CT molecular complexity index is 869. The van der Waals surface area contributed by atoms with Crippen molar-refractivity contribution in [3.63, 3.8) is 0 Å². The lowest BCUT2D eigenvalue weighted by Gasteiger charge is -2.39. The Morgan fingerprint density at radius 2 is 1.83 bits per heavy atom. The van der Waals surface area contributed by atoms with Gasteiger partial charge in [-0.15, -0.1) is 0 Å². The molecule has 0 bridgehead atoms. The molecule has 2 N–H and O–H groups in total. The Labute approximate surface area is 177 Å². The highest BCUT2D eigenvalue weighted by atomic mass is 16.5. The summed E-state index contributed by atoms with van der Waals surface area (Å²) in [6.07, 6.45) is 3.84. The number of rotatable bonds is 9. The Hall–Kier alpha value is -3.02. The van der Waals surface area contributed by atoms with Crippen LogP contribution >= 0.6 is 0 Å². The first-order valence-corrected chi connectivity index (χ1v) is 10.7. The van der Waals surface area contributed by atoms with Crippen LogP contribution in [0.4, 0.5) is 5.69 Å². The Morgan fingerprint density at radius 1 is 1.07 bits per heavy atom. The van der Waals surface area contributed by atoms with E-state index in [0.29, 0.717) is 36.3 Å². The minimum atomic E-state index is -0.841. The SMILES string of the molecule is CCCCCC1c2c(O)cccc2N(NC(=O)CCC)C(=O)C1Oc1ccccc1. The molecule has 2 amide bonds. The number of aromatic hydroxyl groups is 1. The highest BCUT2D eigenvalue weighted by Gasteiger charge is 2.44. The average Bonchev–Trinajstić information content (AvgIpc) is 2.74. The molecule has 0 aromatic heterocycles. The number of unbranched alkanes of at least 4 members (excludes halogenated alkanes) is 2. The number of hydrogen-bond acceptors (Lipinski definition) is 4. The van der Waals surface area contributed by atoms with Crippen LogP contribution in [0, 0.1) is 0 Å². The number of nitrogens with zero attached hydrogens (tertiary/aromatic N) is 1. The first kappa shape index (κ1) is 21.7. The molecule has 160 valence electrons. The zero-order valence-electron chi connectivity index (χ0n) is 17.6. The first-order chi connectivity index (χ1) is 14.6. The molecule has 30 heavy (non-hydrogen) atoms. The predicted octanol–water partition coefficient (Wildman–Crippen LogP) is 4.68. The molecule has 2 aromatic carbocycles. The lowest BCUT2D eigenvalue weighted by Crippen LogP contribution is -2.56. The van der Waals surface area contributed by atoms with E-state index in [4.69, 9.17) is 4.74 Å². The molecule has 0 spiro atoms. The van der Waals surface area contributed by atoms with Gasteiger partial charge in [0.15, 0.2) is 6.10 Å². The molecule has 0 radical (unpaired) electrons. The summed E-state index contributed by atoms with van der Waals surface area (Å²) < 4.78 is 6.14. The molecule has 0 aliphatic carbocycles. The molecule has 0 fully saturated rings. The number of carbonyl (C=O) groups is 2. The number of benzene rings is 2. The van der Waals surface area contributed by atoms with Crippen LogP contribution in [0.1, 0.15) is 63.9 Å². The van der Waals surface area contributed by atoms with Gasteiger partial charge < -0.3 is 9.84 Å². The van der Waals surface area contributed by atoms with Gasteiger partial charge in [0.25, 0.3) is 5.91 Å². The van der Waals surface area contributed by atoms with Gasteiger partial charge >= 0.3 is 0 Å². The number of ether oxygens (including phenoxy) is 1. The molecule has 2 aromatic rings. The molecule has 0 saturated heterocycles. The summed E-state index contributed by atoms with van der Waals surface area (Å²) in [5.74, 6) is -0.196. The third-order valence-electron chi connectivity index (χ3n) is 5.34. The molecule has 2 atom stereocenters. The van der Waals surface area contributed by atoms with Gasteiger partial charge in [-0.25, -0.2) is 5.01 Å². The maximum atomic E-state index is 13.5. The number of amides is 2. The van der Waals surface area contributed by atoms with Crippen molar-refractivity contribution in [3.05, 3.63) is 54.1 Å². The summed E-state index contributed by atoms with van der Waals surface area (Å²) in [5, 5.41) is 11.9. The van der Waals surface area contributed by atoms with Crippen molar-refractivity contribution in [2.45, 2.75) is 64.4 Å². The quantitative estimate of drug-likeness (QED) is 0.588. The summed E-state index contributed by atoms with van der Waals surface area (Å²) in [7, 11) is 0.